The van der Waals surface area contributed by atoms with E-state index >= 15 is 0 Å². The predicted octanol–water partition coefficient (Wildman–Crippen LogP) is 0.0541. The Hall–Kier alpha value is -0.610. The molecule has 1 saturated carbocycles. The van der Waals surface area contributed by atoms with Crippen molar-refractivity contribution in [1.82, 2.24) is 5.32 Å². The van der Waals surface area contributed by atoms with Gasteiger partial charge in [0.25, 0.3) is 0 Å². The Morgan fingerprint density at radius 2 is 2.36 bits per heavy atom. The third-order valence-corrected chi connectivity index (χ3v) is 3.15. The maximum absolute atomic E-state index is 11.5. The number of nitrogens with one attached hydrogen (secondary N) is 1. The van der Waals surface area contributed by atoms with Gasteiger partial charge in [0.15, 0.2) is 0 Å². The Morgan fingerprint density at radius 1 is 1.57 bits per heavy atom. The van der Waals surface area contributed by atoms with Crippen LogP contribution in [0.1, 0.15) is 25.7 Å². The van der Waals surface area contributed by atoms with E-state index in [1.54, 1.807) is 0 Å². The highest BCUT2D eigenvalue weighted by molar-refractivity contribution is 5.81. The second kappa shape index (κ2) is 3.87. The maximum Gasteiger partial charge on any atom is 0.249 e. The molecular weight excluding hydrogens is 182 g/mol. The summed E-state index contributed by atoms with van der Waals surface area (Å²) in [5, 5.41) is 11.9. The molecule has 1 atom stereocenters. The number of hydrogen-bond donors (Lipinski definition) is 2. The molecule has 0 unspecified atom stereocenters. The standard InChI is InChI=1S/C10H17NO3/c12-7-10(3-4-10)6-11-9(13)8-2-1-5-14-8/h8,12H,1-7H2,(H,11,13)/t8-/m1/s1. The lowest BCUT2D eigenvalue weighted by Gasteiger charge is -2.15. The van der Waals surface area contributed by atoms with E-state index in [1.807, 2.05) is 0 Å². The van der Waals surface area contributed by atoms with Gasteiger partial charge in [0.05, 0.1) is 6.61 Å². The largest absolute Gasteiger partial charge is 0.396 e. The molecule has 1 aliphatic carbocycles. The van der Waals surface area contributed by atoms with Crippen LogP contribution in [0.15, 0.2) is 0 Å². The van der Waals surface area contributed by atoms with Crippen LogP contribution in [-0.4, -0.2) is 36.9 Å². The summed E-state index contributed by atoms with van der Waals surface area (Å²) in [6.45, 7) is 1.48. The zero-order valence-corrected chi connectivity index (χ0v) is 8.29. The third-order valence-electron chi connectivity index (χ3n) is 3.15. The molecule has 1 saturated heterocycles. The summed E-state index contributed by atoms with van der Waals surface area (Å²) in [6, 6.07) is 0. The summed E-state index contributed by atoms with van der Waals surface area (Å²) in [5.41, 5.74) is -0.00569. The van der Waals surface area contributed by atoms with E-state index in [-0.39, 0.29) is 24.0 Å². The van der Waals surface area contributed by atoms with E-state index in [9.17, 15) is 4.79 Å². The first-order valence-electron chi connectivity index (χ1n) is 5.26. The Morgan fingerprint density at radius 3 is 2.86 bits per heavy atom. The van der Waals surface area contributed by atoms with Gasteiger partial charge < -0.3 is 15.2 Å². The number of aliphatic hydroxyl groups is 1. The highest BCUT2D eigenvalue weighted by atomic mass is 16.5. The third kappa shape index (κ3) is 2.07. The summed E-state index contributed by atoms with van der Waals surface area (Å²) in [4.78, 5) is 11.5. The first-order chi connectivity index (χ1) is 6.76. The Balaban J connectivity index is 1.72. The van der Waals surface area contributed by atoms with Crippen molar-refractivity contribution in [3.63, 3.8) is 0 Å². The van der Waals surface area contributed by atoms with Crippen LogP contribution >= 0.6 is 0 Å². The molecular formula is C10H17NO3. The second-order valence-electron chi connectivity index (χ2n) is 4.38. The highest BCUT2D eigenvalue weighted by Crippen LogP contribution is 2.44. The van der Waals surface area contributed by atoms with Gasteiger partial charge in [0.1, 0.15) is 6.10 Å². The molecule has 0 radical (unpaired) electrons. The van der Waals surface area contributed by atoms with Crippen LogP contribution < -0.4 is 5.32 Å². The van der Waals surface area contributed by atoms with Crippen molar-refractivity contribution in [2.24, 2.45) is 5.41 Å². The fourth-order valence-corrected chi connectivity index (χ4v) is 1.74. The van der Waals surface area contributed by atoms with E-state index < -0.39 is 0 Å². The number of aliphatic hydroxyl groups excluding tert-OH is 1. The van der Waals surface area contributed by atoms with E-state index in [2.05, 4.69) is 5.32 Å². The maximum atomic E-state index is 11.5. The van der Waals surface area contributed by atoms with Gasteiger partial charge in [0.2, 0.25) is 5.91 Å². The number of carbonyl (C=O) groups is 1. The Bertz CT molecular complexity index is 219. The van der Waals surface area contributed by atoms with Crippen molar-refractivity contribution in [2.45, 2.75) is 31.8 Å². The van der Waals surface area contributed by atoms with Crippen molar-refractivity contribution in [3.8, 4) is 0 Å². The van der Waals surface area contributed by atoms with Crippen LogP contribution in [0.4, 0.5) is 0 Å². The van der Waals surface area contributed by atoms with Crippen molar-refractivity contribution < 1.29 is 14.6 Å². The molecule has 0 spiro atoms. The van der Waals surface area contributed by atoms with Gasteiger partial charge in [-0.05, 0) is 25.7 Å². The van der Waals surface area contributed by atoms with Crippen molar-refractivity contribution >= 4 is 5.91 Å². The first kappa shape index (κ1) is 9.93. The van der Waals surface area contributed by atoms with Gasteiger partial charge in [-0.3, -0.25) is 4.79 Å². The fourth-order valence-electron chi connectivity index (χ4n) is 1.74. The van der Waals surface area contributed by atoms with Gasteiger partial charge in [-0.1, -0.05) is 0 Å². The lowest BCUT2D eigenvalue weighted by molar-refractivity contribution is -0.130. The van der Waals surface area contributed by atoms with Gasteiger partial charge >= 0.3 is 0 Å². The van der Waals surface area contributed by atoms with Gasteiger partial charge in [-0.2, -0.15) is 0 Å². The van der Waals surface area contributed by atoms with Crippen molar-refractivity contribution in [2.75, 3.05) is 19.8 Å². The van der Waals surface area contributed by atoms with Crippen LogP contribution in [-0.2, 0) is 9.53 Å². The average Bonchev–Trinajstić information content (AvgIpc) is 2.78. The number of amides is 1. The molecule has 4 heteroatoms. The topological polar surface area (TPSA) is 58.6 Å². The average molecular weight is 199 g/mol. The molecule has 2 N–H and O–H groups in total. The molecule has 2 rings (SSSR count). The molecule has 0 aromatic rings. The summed E-state index contributed by atoms with van der Waals surface area (Å²) in [7, 11) is 0. The van der Waals surface area contributed by atoms with Crippen LogP contribution in [0.25, 0.3) is 0 Å². The van der Waals surface area contributed by atoms with Crippen LogP contribution in [0, 0.1) is 5.41 Å². The zero-order valence-electron chi connectivity index (χ0n) is 8.29. The highest BCUT2D eigenvalue weighted by Gasteiger charge is 2.42. The van der Waals surface area contributed by atoms with Gasteiger partial charge in [-0.15, -0.1) is 0 Å². The molecule has 2 fully saturated rings. The van der Waals surface area contributed by atoms with Crippen LogP contribution in [0.3, 0.4) is 0 Å². The molecule has 80 valence electrons. The molecule has 0 bridgehead atoms. The van der Waals surface area contributed by atoms with Crippen molar-refractivity contribution in [3.05, 3.63) is 0 Å². The van der Waals surface area contributed by atoms with Gasteiger partial charge in [-0.25, -0.2) is 0 Å². The summed E-state index contributed by atoms with van der Waals surface area (Å²) in [6.07, 6.45) is 3.61. The van der Waals surface area contributed by atoms with E-state index in [4.69, 9.17) is 9.84 Å². The first-order valence-corrected chi connectivity index (χ1v) is 5.26. The van der Waals surface area contributed by atoms with E-state index in [1.165, 1.54) is 0 Å². The SMILES string of the molecule is O=C(NCC1(CO)CC1)[C@H]1CCCO1. The smallest absolute Gasteiger partial charge is 0.249 e. The molecule has 1 amide bonds. The Kier molecular flexibility index (Phi) is 2.74. The number of rotatable bonds is 4. The lowest BCUT2D eigenvalue weighted by atomic mass is 10.1. The molecule has 0 aromatic carbocycles. The minimum Gasteiger partial charge on any atom is -0.396 e. The second-order valence-corrected chi connectivity index (χ2v) is 4.38. The molecule has 2 aliphatic rings. The number of ether oxygens (including phenoxy) is 1. The summed E-state index contributed by atoms with van der Waals surface area (Å²) >= 11 is 0. The molecule has 1 heterocycles. The summed E-state index contributed by atoms with van der Waals surface area (Å²) < 4.78 is 5.26. The van der Waals surface area contributed by atoms with E-state index in [0.29, 0.717) is 13.2 Å². The molecule has 14 heavy (non-hydrogen) atoms. The van der Waals surface area contributed by atoms with E-state index in [0.717, 1.165) is 25.7 Å². The molecule has 4 nitrogen and oxygen atoms in total. The van der Waals surface area contributed by atoms with Crippen LogP contribution in [0.5, 0.6) is 0 Å². The summed E-state index contributed by atoms with van der Waals surface area (Å²) in [5.74, 6) is -0.0118. The monoisotopic (exact) mass is 199 g/mol. The normalized spacial score (nSPS) is 28.8. The fraction of sp³-hybridized carbons (Fsp3) is 0.900. The number of hydrogen-bond acceptors (Lipinski definition) is 3. The lowest BCUT2D eigenvalue weighted by Crippen LogP contribution is -2.38. The molecule has 1 aliphatic heterocycles. The minimum atomic E-state index is -0.246. The quantitative estimate of drug-likeness (QED) is 0.673. The van der Waals surface area contributed by atoms with Crippen molar-refractivity contribution in [1.29, 1.82) is 0 Å². The predicted molar refractivity (Wildman–Crippen MR) is 50.7 cm³/mol. The molecule has 0 aromatic heterocycles. The zero-order chi connectivity index (χ0) is 10.0. The van der Waals surface area contributed by atoms with Gasteiger partial charge in [0, 0.05) is 18.6 Å². The van der Waals surface area contributed by atoms with Crippen LogP contribution in [0.2, 0.25) is 0 Å². The number of carbonyl (C=O) groups excluding carboxylic acids is 1. The Labute approximate surface area is 83.6 Å². The minimum absolute atomic E-state index is 0.00569.